The Hall–Kier alpha value is -2.46. The van der Waals surface area contributed by atoms with Gasteiger partial charge in [0, 0.05) is 24.5 Å². The molecule has 0 spiro atoms. The normalized spacial score (nSPS) is 11.2. The van der Waals surface area contributed by atoms with Crippen molar-refractivity contribution in [3.8, 4) is 5.88 Å². The van der Waals surface area contributed by atoms with Gasteiger partial charge in [0.25, 0.3) is 0 Å². The summed E-state index contributed by atoms with van der Waals surface area (Å²) in [5, 5.41) is 10.9. The number of likely N-dealkylation sites (N-methyl/N-ethyl adjacent to an activating group) is 1. The number of rotatable bonds is 6. The van der Waals surface area contributed by atoms with Crippen LogP contribution in [-0.2, 0) is 6.54 Å². The molecule has 3 aromatic rings. The average Bonchev–Trinajstić information content (AvgIpc) is 2.84. The van der Waals surface area contributed by atoms with Crippen molar-refractivity contribution in [2.45, 2.75) is 6.54 Å². The van der Waals surface area contributed by atoms with Gasteiger partial charge in [-0.15, -0.1) is 4.73 Å². The van der Waals surface area contributed by atoms with Crippen LogP contribution >= 0.6 is 0 Å². The van der Waals surface area contributed by atoms with E-state index in [1.54, 1.807) is 6.07 Å². The number of aromatic nitrogens is 1. The molecule has 2 aromatic carbocycles. The fraction of sp³-hybridized carbons (Fsp3) is 0.222. The predicted molar refractivity (Wildman–Crippen MR) is 87.8 cm³/mol. The molecule has 0 radical (unpaired) electrons. The molecule has 1 aromatic heterocycles. The van der Waals surface area contributed by atoms with Crippen LogP contribution in [0.15, 0.2) is 60.7 Å². The number of fused-ring (bicyclic) bond motifs is 1. The van der Waals surface area contributed by atoms with E-state index in [-0.39, 0.29) is 5.88 Å². The van der Waals surface area contributed by atoms with E-state index in [0.717, 1.165) is 24.0 Å². The lowest BCUT2D eigenvalue weighted by molar-refractivity contribution is 0.0838. The first-order valence-corrected chi connectivity index (χ1v) is 7.39. The molecule has 4 heteroatoms. The summed E-state index contributed by atoms with van der Waals surface area (Å²) < 4.78 is 1.49. The Balaban J connectivity index is 1.57. The van der Waals surface area contributed by atoms with Gasteiger partial charge in [-0.25, -0.2) is 0 Å². The van der Waals surface area contributed by atoms with E-state index < -0.39 is 0 Å². The molecule has 3 rings (SSSR count). The Kier molecular flexibility index (Phi) is 4.30. The minimum Gasteiger partial charge on any atom is -0.492 e. The Morgan fingerprint density at radius 2 is 1.77 bits per heavy atom. The molecule has 1 N–H and O–H groups in total. The minimum absolute atomic E-state index is 0.131. The Morgan fingerprint density at radius 1 is 1.05 bits per heavy atom. The molecule has 1 heterocycles. The first kappa shape index (κ1) is 14.5. The van der Waals surface area contributed by atoms with Gasteiger partial charge in [0.15, 0.2) is 0 Å². The van der Waals surface area contributed by atoms with Gasteiger partial charge in [-0.3, -0.25) is 4.90 Å². The number of para-hydroxylation sites is 1. The van der Waals surface area contributed by atoms with Gasteiger partial charge in [-0.1, -0.05) is 48.5 Å². The second-order valence-corrected chi connectivity index (χ2v) is 5.41. The van der Waals surface area contributed by atoms with Crippen LogP contribution < -0.4 is 4.84 Å². The van der Waals surface area contributed by atoms with Crippen molar-refractivity contribution in [2.75, 3.05) is 20.2 Å². The molecule has 0 amide bonds. The monoisotopic (exact) mass is 296 g/mol. The predicted octanol–water partition coefficient (Wildman–Crippen LogP) is 2.91. The summed E-state index contributed by atoms with van der Waals surface area (Å²) in [4.78, 5) is 7.92. The third-order valence-corrected chi connectivity index (χ3v) is 3.64. The molecule has 4 nitrogen and oxygen atoms in total. The molecule has 114 valence electrons. The highest BCUT2D eigenvalue weighted by Gasteiger charge is 2.08. The molecule has 0 bridgehead atoms. The van der Waals surface area contributed by atoms with Crippen molar-refractivity contribution in [1.29, 1.82) is 0 Å². The molecule has 22 heavy (non-hydrogen) atoms. The molecule has 0 saturated carbocycles. The van der Waals surface area contributed by atoms with Crippen molar-refractivity contribution in [3.05, 3.63) is 66.2 Å². The van der Waals surface area contributed by atoms with Gasteiger partial charge in [0.05, 0.1) is 5.52 Å². The fourth-order valence-corrected chi connectivity index (χ4v) is 2.51. The highest BCUT2D eigenvalue weighted by molar-refractivity contribution is 5.81. The lowest BCUT2D eigenvalue weighted by atomic mass is 10.2. The Bertz CT molecular complexity index is 737. The van der Waals surface area contributed by atoms with E-state index in [2.05, 4.69) is 24.1 Å². The highest BCUT2D eigenvalue weighted by Crippen LogP contribution is 2.22. The van der Waals surface area contributed by atoms with E-state index in [9.17, 15) is 5.11 Å². The molecule has 0 unspecified atom stereocenters. The second-order valence-electron chi connectivity index (χ2n) is 5.41. The summed E-state index contributed by atoms with van der Waals surface area (Å²) in [5.41, 5.74) is 2.16. The zero-order valence-corrected chi connectivity index (χ0v) is 12.6. The zero-order chi connectivity index (χ0) is 15.4. The van der Waals surface area contributed by atoms with Gasteiger partial charge in [0.2, 0.25) is 5.88 Å². The van der Waals surface area contributed by atoms with Crippen LogP contribution in [0.4, 0.5) is 0 Å². The van der Waals surface area contributed by atoms with Crippen LogP contribution in [0.5, 0.6) is 5.88 Å². The summed E-state index contributed by atoms with van der Waals surface area (Å²) in [6.45, 7) is 2.17. The molecule has 0 aliphatic rings. The topological polar surface area (TPSA) is 37.6 Å². The zero-order valence-electron chi connectivity index (χ0n) is 12.6. The van der Waals surface area contributed by atoms with E-state index in [4.69, 9.17) is 4.84 Å². The van der Waals surface area contributed by atoms with Crippen LogP contribution in [0.3, 0.4) is 0 Å². The van der Waals surface area contributed by atoms with Crippen molar-refractivity contribution in [2.24, 2.45) is 0 Å². The SMILES string of the molecule is CN(CCOn1c(O)cc2ccccc21)Cc1ccccc1. The number of benzene rings is 2. The molecular formula is C18H20N2O2. The van der Waals surface area contributed by atoms with E-state index in [1.807, 2.05) is 42.5 Å². The number of nitrogens with zero attached hydrogens (tertiary/aromatic N) is 2. The van der Waals surface area contributed by atoms with Crippen molar-refractivity contribution >= 4 is 10.9 Å². The maximum absolute atomic E-state index is 9.96. The number of hydrogen-bond donors (Lipinski definition) is 1. The molecule has 0 atom stereocenters. The number of hydrogen-bond acceptors (Lipinski definition) is 3. The largest absolute Gasteiger partial charge is 0.492 e. The van der Waals surface area contributed by atoms with E-state index in [0.29, 0.717) is 6.61 Å². The van der Waals surface area contributed by atoms with Gasteiger partial charge in [0.1, 0.15) is 6.61 Å². The van der Waals surface area contributed by atoms with Gasteiger partial charge in [-0.05, 0) is 18.7 Å². The fourth-order valence-electron chi connectivity index (χ4n) is 2.51. The Morgan fingerprint density at radius 3 is 2.59 bits per heavy atom. The number of aromatic hydroxyl groups is 1. The lowest BCUT2D eigenvalue weighted by Crippen LogP contribution is -2.26. The van der Waals surface area contributed by atoms with Gasteiger partial charge >= 0.3 is 0 Å². The van der Waals surface area contributed by atoms with E-state index >= 15 is 0 Å². The summed E-state index contributed by atoms with van der Waals surface area (Å²) in [7, 11) is 2.06. The quantitative estimate of drug-likeness (QED) is 0.760. The van der Waals surface area contributed by atoms with Crippen molar-refractivity contribution < 1.29 is 9.94 Å². The molecule has 0 saturated heterocycles. The van der Waals surface area contributed by atoms with Crippen LogP contribution in [0.1, 0.15) is 5.56 Å². The van der Waals surface area contributed by atoms with Crippen molar-refractivity contribution in [1.82, 2.24) is 9.63 Å². The highest BCUT2D eigenvalue weighted by atomic mass is 16.7. The van der Waals surface area contributed by atoms with Crippen molar-refractivity contribution in [3.63, 3.8) is 0 Å². The second kappa shape index (κ2) is 6.54. The third-order valence-electron chi connectivity index (χ3n) is 3.64. The molecule has 0 fully saturated rings. The maximum atomic E-state index is 9.96. The summed E-state index contributed by atoms with van der Waals surface area (Å²) >= 11 is 0. The maximum Gasteiger partial charge on any atom is 0.226 e. The minimum atomic E-state index is 0.131. The first-order chi connectivity index (χ1) is 10.7. The van der Waals surface area contributed by atoms with E-state index in [1.165, 1.54) is 10.3 Å². The first-order valence-electron chi connectivity index (χ1n) is 7.39. The molecule has 0 aliphatic carbocycles. The summed E-state index contributed by atoms with van der Waals surface area (Å²) in [6, 6.07) is 19.8. The molecular weight excluding hydrogens is 276 g/mol. The lowest BCUT2D eigenvalue weighted by Gasteiger charge is -2.17. The van der Waals surface area contributed by atoms with Crippen LogP contribution in [0.25, 0.3) is 10.9 Å². The third kappa shape index (κ3) is 3.23. The standard InChI is InChI=1S/C18H20N2O2/c1-19(14-15-7-3-2-4-8-15)11-12-22-20-17-10-6-5-9-16(17)13-18(20)21/h2-10,13,21H,11-12,14H2,1H3. The van der Waals surface area contributed by atoms with Gasteiger partial charge < -0.3 is 9.94 Å². The summed E-state index contributed by atoms with van der Waals surface area (Å²) in [5.74, 6) is 0.131. The Labute approximate surface area is 130 Å². The van der Waals surface area contributed by atoms with Crippen LogP contribution in [-0.4, -0.2) is 34.9 Å². The average molecular weight is 296 g/mol. The molecule has 0 aliphatic heterocycles. The smallest absolute Gasteiger partial charge is 0.226 e. The summed E-state index contributed by atoms with van der Waals surface area (Å²) in [6.07, 6.45) is 0. The van der Waals surface area contributed by atoms with Gasteiger partial charge in [-0.2, -0.15) is 0 Å². The van der Waals surface area contributed by atoms with Crippen LogP contribution in [0, 0.1) is 0 Å². The van der Waals surface area contributed by atoms with Crippen LogP contribution in [0.2, 0.25) is 0 Å².